The van der Waals surface area contributed by atoms with Crippen molar-refractivity contribution >= 4 is 17.5 Å². The third-order valence-corrected chi connectivity index (χ3v) is 3.31. The van der Waals surface area contributed by atoms with Crippen LogP contribution in [-0.2, 0) is 9.59 Å². The van der Waals surface area contributed by atoms with Crippen LogP contribution in [0.3, 0.4) is 0 Å². The summed E-state index contributed by atoms with van der Waals surface area (Å²) in [5.74, 6) is -0.198. The van der Waals surface area contributed by atoms with Crippen molar-refractivity contribution in [2.24, 2.45) is 10.8 Å². The molecule has 0 aromatic heterocycles. The van der Waals surface area contributed by atoms with Crippen LogP contribution in [0.1, 0.15) is 32.1 Å². The SMILES string of the molecule is NCC1CCCCN1C(=O)C1=NNC(=O)CC1. The maximum absolute atomic E-state index is 12.2. The molecule has 1 fully saturated rings. The van der Waals surface area contributed by atoms with E-state index in [4.69, 9.17) is 5.73 Å². The Kier molecular flexibility index (Phi) is 3.73. The van der Waals surface area contributed by atoms with Crippen LogP contribution in [0, 0.1) is 0 Å². The highest BCUT2D eigenvalue weighted by Crippen LogP contribution is 2.17. The number of amides is 2. The molecule has 2 aliphatic rings. The second-order valence-electron chi connectivity index (χ2n) is 4.48. The minimum Gasteiger partial charge on any atom is -0.333 e. The first-order valence-electron chi connectivity index (χ1n) is 6.09. The fourth-order valence-electron chi connectivity index (χ4n) is 2.31. The predicted molar refractivity (Wildman–Crippen MR) is 63.2 cm³/mol. The van der Waals surface area contributed by atoms with Crippen molar-refractivity contribution in [3.63, 3.8) is 0 Å². The first-order valence-corrected chi connectivity index (χ1v) is 6.09. The van der Waals surface area contributed by atoms with E-state index in [-0.39, 0.29) is 17.9 Å². The molecule has 1 saturated heterocycles. The minimum atomic E-state index is -0.129. The Morgan fingerprint density at radius 3 is 2.94 bits per heavy atom. The Morgan fingerprint density at radius 1 is 1.47 bits per heavy atom. The van der Waals surface area contributed by atoms with Crippen LogP contribution >= 0.6 is 0 Å². The number of carbonyl (C=O) groups excluding carboxylic acids is 2. The van der Waals surface area contributed by atoms with Crippen LogP contribution in [0.25, 0.3) is 0 Å². The molecule has 0 aromatic carbocycles. The van der Waals surface area contributed by atoms with Crippen molar-refractivity contribution in [3.05, 3.63) is 0 Å². The maximum atomic E-state index is 12.2. The molecule has 0 aliphatic carbocycles. The Labute approximate surface area is 100 Å². The standard InChI is InChI=1S/C11H18N4O2/c12-7-8-3-1-2-6-15(8)11(17)9-4-5-10(16)14-13-9/h8H,1-7,12H2,(H,14,16). The van der Waals surface area contributed by atoms with Gasteiger partial charge in [0.25, 0.3) is 5.91 Å². The molecular weight excluding hydrogens is 220 g/mol. The van der Waals surface area contributed by atoms with Gasteiger partial charge in [0.15, 0.2) is 0 Å². The monoisotopic (exact) mass is 238 g/mol. The second-order valence-corrected chi connectivity index (χ2v) is 4.48. The third-order valence-electron chi connectivity index (χ3n) is 3.31. The molecule has 94 valence electrons. The van der Waals surface area contributed by atoms with E-state index in [0.717, 1.165) is 25.8 Å². The van der Waals surface area contributed by atoms with Crippen LogP contribution in [-0.4, -0.2) is 41.6 Å². The second kappa shape index (κ2) is 5.27. The molecule has 0 spiro atoms. The van der Waals surface area contributed by atoms with E-state index in [9.17, 15) is 9.59 Å². The summed E-state index contributed by atoms with van der Waals surface area (Å²) in [4.78, 5) is 25.0. The lowest BCUT2D eigenvalue weighted by atomic mass is 10.0. The molecule has 0 radical (unpaired) electrons. The van der Waals surface area contributed by atoms with Crippen LogP contribution in [0.5, 0.6) is 0 Å². The third kappa shape index (κ3) is 2.63. The highest BCUT2D eigenvalue weighted by Gasteiger charge is 2.29. The van der Waals surface area contributed by atoms with Crippen molar-refractivity contribution in [3.8, 4) is 0 Å². The van der Waals surface area contributed by atoms with Crippen LogP contribution in [0.15, 0.2) is 5.10 Å². The number of hydrazone groups is 1. The Balaban J connectivity index is 2.05. The Hall–Kier alpha value is -1.43. The molecule has 2 amide bonds. The number of nitrogens with one attached hydrogen (secondary N) is 1. The van der Waals surface area contributed by atoms with Gasteiger partial charge in [-0.05, 0) is 19.3 Å². The largest absolute Gasteiger partial charge is 0.333 e. The molecule has 0 bridgehead atoms. The smallest absolute Gasteiger partial charge is 0.270 e. The number of hydrogen-bond acceptors (Lipinski definition) is 4. The molecular formula is C11H18N4O2. The minimum absolute atomic E-state index is 0.0693. The zero-order valence-corrected chi connectivity index (χ0v) is 9.82. The topological polar surface area (TPSA) is 87.8 Å². The average Bonchev–Trinajstić information content (AvgIpc) is 2.39. The first kappa shape index (κ1) is 12.0. The summed E-state index contributed by atoms with van der Waals surface area (Å²) in [6.07, 6.45) is 3.86. The molecule has 17 heavy (non-hydrogen) atoms. The van der Waals surface area contributed by atoms with Gasteiger partial charge in [-0.1, -0.05) is 0 Å². The Bertz CT molecular complexity index is 353. The summed E-state index contributed by atoms with van der Waals surface area (Å²) >= 11 is 0. The number of carbonyl (C=O) groups is 2. The summed E-state index contributed by atoms with van der Waals surface area (Å²) in [5.41, 5.74) is 8.48. The summed E-state index contributed by atoms with van der Waals surface area (Å²) < 4.78 is 0. The molecule has 2 rings (SSSR count). The van der Waals surface area contributed by atoms with E-state index in [1.807, 2.05) is 0 Å². The summed E-state index contributed by atoms with van der Waals surface area (Å²) in [6.45, 7) is 1.24. The van der Waals surface area contributed by atoms with Crippen molar-refractivity contribution in [1.82, 2.24) is 10.3 Å². The molecule has 6 nitrogen and oxygen atoms in total. The van der Waals surface area contributed by atoms with Gasteiger partial charge in [0.05, 0.1) is 0 Å². The molecule has 1 atom stereocenters. The molecule has 6 heteroatoms. The van der Waals surface area contributed by atoms with Crippen LogP contribution in [0.2, 0.25) is 0 Å². The average molecular weight is 238 g/mol. The van der Waals surface area contributed by atoms with Gasteiger partial charge < -0.3 is 10.6 Å². The fourth-order valence-corrected chi connectivity index (χ4v) is 2.31. The van der Waals surface area contributed by atoms with Crippen molar-refractivity contribution in [2.75, 3.05) is 13.1 Å². The lowest BCUT2D eigenvalue weighted by Gasteiger charge is -2.35. The normalized spacial score (nSPS) is 25.2. The molecule has 1 unspecified atom stereocenters. The molecule has 0 saturated carbocycles. The van der Waals surface area contributed by atoms with Crippen molar-refractivity contribution in [2.45, 2.75) is 38.1 Å². The quantitative estimate of drug-likeness (QED) is 0.685. The molecule has 2 heterocycles. The van der Waals surface area contributed by atoms with Gasteiger partial charge in [-0.3, -0.25) is 9.59 Å². The van der Waals surface area contributed by atoms with E-state index in [2.05, 4.69) is 10.5 Å². The van der Waals surface area contributed by atoms with Gasteiger partial charge in [0.1, 0.15) is 5.71 Å². The van der Waals surface area contributed by atoms with Gasteiger partial charge in [-0.2, -0.15) is 5.10 Å². The number of nitrogens with zero attached hydrogens (tertiary/aromatic N) is 2. The zero-order chi connectivity index (χ0) is 12.3. The highest BCUT2D eigenvalue weighted by atomic mass is 16.2. The lowest BCUT2D eigenvalue weighted by molar-refractivity contribution is -0.127. The molecule has 2 aliphatic heterocycles. The fraction of sp³-hybridized carbons (Fsp3) is 0.727. The van der Waals surface area contributed by atoms with Gasteiger partial charge in [0.2, 0.25) is 5.91 Å². The molecule has 0 aromatic rings. The first-order chi connectivity index (χ1) is 8.22. The van der Waals surface area contributed by atoms with E-state index >= 15 is 0 Å². The van der Waals surface area contributed by atoms with E-state index in [1.54, 1.807) is 4.90 Å². The van der Waals surface area contributed by atoms with Gasteiger partial charge >= 0.3 is 0 Å². The summed E-state index contributed by atoms with van der Waals surface area (Å²) in [7, 11) is 0. The van der Waals surface area contributed by atoms with E-state index in [0.29, 0.717) is 25.1 Å². The van der Waals surface area contributed by atoms with E-state index < -0.39 is 0 Å². The van der Waals surface area contributed by atoms with Crippen LogP contribution in [0.4, 0.5) is 0 Å². The number of nitrogens with two attached hydrogens (primary N) is 1. The number of rotatable bonds is 2. The van der Waals surface area contributed by atoms with E-state index in [1.165, 1.54) is 0 Å². The maximum Gasteiger partial charge on any atom is 0.270 e. The van der Waals surface area contributed by atoms with Crippen molar-refractivity contribution < 1.29 is 9.59 Å². The zero-order valence-electron chi connectivity index (χ0n) is 9.82. The Morgan fingerprint density at radius 2 is 2.29 bits per heavy atom. The summed E-state index contributed by atoms with van der Waals surface area (Å²) in [5, 5.41) is 3.84. The lowest BCUT2D eigenvalue weighted by Crippen LogP contribution is -2.50. The molecule has 3 N–H and O–H groups in total. The summed E-state index contributed by atoms with van der Waals surface area (Å²) in [6, 6.07) is 0.122. The number of piperidine rings is 1. The predicted octanol–water partition coefficient (Wildman–Crippen LogP) is -0.408. The highest BCUT2D eigenvalue weighted by molar-refractivity contribution is 6.39. The van der Waals surface area contributed by atoms with Crippen molar-refractivity contribution in [1.29, 1.82) is 0 Å². The number of hydrogen-bond donors (Lipinski definition) is 2. The van der Waals surface area contributed by atoms with Gasteiger partial charge in [-0.25, -0.2) is 5.43 Å². The van der Waals surface area contributed by atoms with Gasteiger partial charge in [-0.15, -0.1) is 0 Å². The van der Waals surface area contributed by atoms with Gasteiger partial charge in [0, 0.05) is 32.0 Å². The van der Waals surface area contributed by atoms with Crippen LogP contribution < -0.4 is 11.2 Å². The number of likely N-dealkylation sites (tertiary alicyclic amines) is 1.